The van der Waals surface area contributed by atoms with Crippen molar-refractivity contribution in [2.75, 3.05) is 38.1 Å². The average molecular weight is 508 g/mol. The van der Waals surface area contributed by atoms with Gasteiger partial charge in [-0.05, 0) is 76.1 Å². The van der Waals surface area contributed by atoms with Crippen molar-refractivity contribution in [1.29, 1.82) is 0 Å². The second-order valence-electron chi connectivity index (χ2n) is 10.2. The van der Waals surface area contributed by atoms with Crippen LogP contribution in [0.15, 0.2) is 64.6 Å². The first-order chi connectivity index (χ1) is 17.5. The summed E-state index contributed by atoms with van der Waals surface area (Å²) >= 11 is 0. The number of halogens is 1. The van der Waals surface area contributed by atoms with Crippen LogP contribution in [0.3, 0.4) is 0 Å². The number of anilines is 1. The van der Waals surface area contributed by atoms with Crippen LogP contribution in [0.5, 0.6) is 0 Å². The number of piperazine rings is 1. The summed E-state index contributed by atoms with van der Waals surface area (Å²) in [6, 6.07) is 13.2. The molecule has 1 N–H and O–H groups in total. The van der Waals surface area contributed by atoms with Crippen LogP contribution in [0.25, 0.3) is 0 Å². The summed E-state index contributed by atoms with van der Waals surface area (Å²) in [7, 11) is 1.71. The van der Waals surface area contributed by atoms with Crippen LogP contribution in [0.2, 0.25) is 0 Å². The van der Waals surface area contributed by atoms with Gasteiger partial charge in [0.05, 0.1) is 6.54 Å². The standard InChI is InChI=1S/C29H38FN5O2/c1-20(2)26(32-19-23-9-8-21(3)18-25(23)30)33-27(31-7)22-10-12-24(13-11-22)34-14-16-35(17-15-34)28(36)37-29(4,5)6/h8-13,18H,1,14-17,19H2,2-7H3,(H,31,32,33). The Hall–Kier alpha value is -3.68. The van der Waals surface area contributed by atoms with E-state index >= 15 is 0 Å². The third-order valence-corrected chi connectivity index (χ3v) is 5.92. The summed E-state index contributed by atoms with van der Waals surface area (Å²) in [5, 5.41) is 3.26. The highest BCUT2D eigenvalue weighted by atomic mass is 19.1. The molecule has 1 amide bonds. The van der Waals surface area contributed by atoms with Crippen molar-refractivity contribution < 1.29 is 13.9 Å². The van der Waals surface area contributed by atoms with E-state index in [2.05, 4.69) is 26.8 Å². The largest absolute Gasteiger partial charge is 0.444 e. The maximum Gasteiger partial charge on any atom is 0.410 e. The van der Waals surface area contributed by atoms with E-state index in [9.17, 15) is 9.18 Å². The van der Waals surface area contributed by atoms with Crippen molar-refractivity contribution in [2.24, 2.45) is 9.98 Å². The molecule has 1 saturated heterocycles. The molecule has 0 spiro atoms. The summed E-state index contributed by atoms with van der Waals surface area (Å²) in [5.74, 6) is 0.937. The minimum absolute atomic E-state index is 0.201. The lowest BCUT2D eigenvalue weighted by atomic mass is 10.1. The lowest BCUT2D eigenvalue weighted by Gasteiger charge is -2.36. The van der Waals surface area contributed by atoms with Gasteiger partial charge in [0.1, 0.15) is 23.1 Å². The number of benzene rings is 2. The number of hydrogen-bond donors (Lipinski definition) is 1. The molecule has 0 atom stereocenters. The number of amides is 1. The van der Waals surface area contributed by atoms with E-state index in [0.29, 0.717) is 30.3 Å². The number of carbonyl (C=O) groups is 1. The molecule has 2 aromatic rings. The number of aliphatic imine (C=N–C) groups is 2. The molecule has 8 heteroatoms. The number of amidine groups is 2. The number of nitrogens with one attached hydrogen (secondary N) is 1. The van der Waals surface area contributed by atoms with Gasteiger partial charge in [-0.3, -0.25) is 9.98 Å². The van der Waals surface area contributed by atoms with Crippen LogP contribution in [0, 0.1) is 12.7 Å². The Kier molecular flexibility index (Phi) is 9.08. The Labute approximate surface area is 219 Å². The van der Waals surface area contributed by atoms with Gasteiger partial charge in [0.2, 0.25) is 0 Å². The molecule has 2 aromatic carbocycles. The second kappa shape index (κ2) is 12.0. The molecule has 1 fully saturated rings. The van der Waals surface area contributed by atoms with E-state index in [1.54, 1.807) is 18.0 Å². The predicted molar refractivity (Wildman–Crippen MR) is 149 cm³/mol. The number of nitrogens with zero attached hydrogens (tertiary/aromatic N) is 4. The van der Waals surface area contributed by atoms with Crippen molar-refractivity contribution in [3.8, 4) is 0 Å². The Bertz CT molecular complexity index is 1170. The highest BCUT2D eigenvalue weighted by Gasteiger charge is 2.26. The van der Waals surface area contributed by atoms with E-state index in [1.165, 1.54) is 6.07 Å². The summed E-state index contributed by atoms with van der Waals surface area (Å²) in [4.78, 5) is 25.3. The average Bonchev–Trinajstić information content (AvgIpc) is 2.84. The van der Waals surface area contributed by atoms with Crippen molar-refractivity contribution in [3.05, 3.63) is 77.1 Å². The summed E-state index contributed by atoms with van der Waals surface area (Å²) in [6.45, 7) is 16.2. The van der Waals surface area contributed by atoms with Gasteiger partial charge in [-0.25, -0.2) is 9.18 Å². The topological polar surface area (TPSA) is 69.5 Å². The molecular weight excluding hydrogens is 469 g/mol. The van der Waals surface area contributed by atoms with Crippen molar-refractivity contribution >= 4 is 23.5 Å². The zero-order valence-electron chi connectivity index (χ0n) is 22.8. The first kappa shape index (κ1) is 27.9. The molecule has 1 aliphatic heterocycles. The van der Waals surface area contributed by atoms with Gasteiger partial charge in [0, 0.05) is 50.0 Å². The summed E-state index contributed by atoms with van der Waals surface area (Å²) in [6.07, 6.45) is -0.266. The van der Waals surface area contributed by atoms with Crippen LogP contribution in [-0.4, -0.2) is 61.5 Å². The minimum Gasteiger partial charge on any atom is -0.444 e. The van der Waals surface area contributed by atoms with Gasteiger partial charge in [-0.15, -0.1) is 0 Å². The minimum atomic E-state index is -0.498. The van der Waals surface area contributed by atoms with Crippen molar-refractivity contribution in [2.45, 2.75) is 46.8 Å². The van der Waals surface area contributed by atoms with Crippen LogP contribution in [0.1, 0.15) is 44.4 Å². The van der Waals surface area contributed by atoms with E-state index in [1.807, 2.05) is 65.0 Å². The Morgan fingerprint density at radius 2 is 1.76 bits per heavy atom. The molecule has 1 aliphatic rings. The van der Waals surface area contributed by atoms with Gasteiger partial charge in [-0.2, -0.15) is 0 Å². The number of carbonyl (C=O) groups excluding carboxylic acids is 1. The number of aryl methyl sites for hydroxylation is 1. The quantitative estimate of drug-likeness (QED) is 0.439. The smallest absolute Gasteiger partial charge is 0.410 e. The molecule has 37 heavy (non-hydrogen) atoms. The molecule has 3 rings (SSSR count). The fourth-order valence-corrected chi connectivity index (χ4v) is 3.90. The van der Waals surface area contributed by atoms with E-state index < -0.39 is 5.60 Å². The van der Waals surface area contributed by atoms with Crippen molar-refractivity contribution in [1.82, 2.24) is 10.2 Å². The molecular formula is C29H38FN5O2. The van der Waals surface area contributed by atoms with Gasteiger partial charge < -0.3 is 19.9 Å². The SMILES string of the molecule is C=C(C)C(=NCc1ccc(C)cc1F)NC(=NC)c1ccc(N2CCN(C(=O)OC(C)(C)C)CC2)cc1. The molecule has 0 radical (unpaired) electrons. The molecule has 0 bridgehead atoms. The van der Waals surface area contributed by atoms with Gasteiger partial charge in [0.25, 0.3) is 0 Å². The molecule has 1 heterocycles. The van der Waals surface area contributed by atoms with E-state index in [4.69, 9.17) is 4.74 Å². The molecule has 198 valence electrons. The number of ether oxygens (including phenoxy) is 1. The van der Waals surface area contributed by atoms with Gasteiger partial charge >= 0.3 is 6.09 Å². The zero-order chi connectivity index (χ0) is 27.2. The third kappa shape index (κ3) is 7.90. The number of hydrogen-bond acceptors (Lipinski definition) is 5. The normalized spacial score (nSPS) is 15.0. The van der Waals surface area contributed by atoms with Gasteiger partial charge in [-0.1, -0.05) is 18.7 Å². The molecule has 0 aliphatic carbocycles. The maximum atomic E-state index is 14.2. The monoisotopic (exact) mass is 507 g/mol. The van der Waals surface area contributed by atoms with Crippen molar-refractivity contribution in [3.63, 3.8) is 0 Å². The van der Waals surface area contributed by atoms with E-state index in [-0.39, 0.29) is 18.5 Å². The fraction of sp³-hybridized carbons (Fsp3) is 0.414. The fourth-order valence-electron chi connectivity index (χ4n) is 3.90. The highest BCUT2D eigenvalue weighted by Crippen LogP contribution is 2.19. The Morgan fingerprint density at radius 1 is 1.11 bits per heavy atom. The Morgan fingerprint density at radius 3 is 2.30 bits per heavy atom. The number of rotatable bonds is 5. The molecule has 7 nitrogen and oxygen atoms in total. The third-order valence-electron chi connectivity index (χ3n) is 5.92. The van der Waals surface area contributed by atoms with Crippen LogP contribution < -0.4 is 10.2 Å². The molecule has 0 unspecified atom stereocenters. The van der Waals surface area contributed by atoms with Crippen LogP contribution in [0.4, 0.5) is 14.9 Å². The Balaban J connectivity index is 1.64. The summed E-state index contributed by atoms with van der Waals surface area (Å²) in [5.41, 5.74) is 3.60. The first-order valence-electron chi connectivity index (χ1n) is 12.5. The van der Waals surface area contributed by atoms with E-state index in [0.717, 1.165) is 35.5 Å². The molecule has 0 saturated carbocycles. The zero-order valence-corrected chi connectivity index (χ0v) is 22.8. The summed E-state index contributed by atoms with van der Waals surface area (Å²) < 4.78 is 19.7. The first-order valence-corrected chi connectivity index (χ1v) is 12.5. The molecule has 0 aromatic heterocycles. The lowest BCUT2D eigenvalue weighted by Crippen LogP contribution is -2.50. The maximum absolute atomic E-state index is 14.2. The lowest BCUT2D eigenvalue weighted by molar-refractivity contribution is 0.0240. The van der Waals surface area contributed by atoms with Crippen LogP contribution in [-0.2, 0) is 11.3 Å². The highest BCUT2D eigenvalue weighted by molar-refractivity contribution is 6.14. The van der Waals surface area contributed by atoms with Gasteiger partial charge in [0.15, 0.2) is 0 Å². The predicted octanol–water partition coefficient (Wildman–Crippen LogP) is 5.33. The second-order valence-corrected chi connectivity index (χ2v) is 10.2. The van der Waals surface area contributed by atoms with Crippen LogP contribution >= 0.6 is 0 Å².